The molecule has 4 aromatic rings. The Bertz CT molecular complexity index is 1150. The minimum atomic E-state index is 0.654. The number of H-pyrrole nitrogens is 1. The fourth-order valence-corrected chi connectivity index (χ4v) is 3.73. The predicted molar refractivity (Wildman–Crippen MR) is 119 cm³/mol. The summed E-state index contributed by atoms with van der Waals surface area (Å²) in [7, 11) is 0. The van der Waals surface area contributed by atoms with Gasteiger partial charge in [0, 0.05) is 56.1 Å². The van der Waals surface area contributed by atoms with E-state index >= 15 is 0 Å². The highest BCUT2D eigenvalue weighted by atomic mass is 15.3. The lowest BCUT2D eigenvalue weighted by Crippen LogP contribution is -2.44. The highest BCUT2D eigenvalue weighted by Crippen LogP contribution is 2.29. The van der Waals surface area contributed by atoms with Crippen molar-refractivity contribution in [3.63, 3.8) is 0 Å². The normalized spacial score (nSPS) is 14.2. The molecule has 0 amide bonds. The van der Waals surface area contributed by atoms with Crippen molar-refractivity contribution in [1.29, 1.82) is 0 Å². The van der Waals surface area contributed by atoms with Crippen LogP contribution in [0.5, 0.6) is 0 Å². The largest absolute Gasteiger partial charge is 0.363 e. The number of rotatable bonds is 5. The van der Waals surface area contributed by atoms with Crippen LogP contribution in [0, 0.1) is 6.92 Å². The third kappa shape index (κ3) is 3.69. The second-order valence-corrected chi connectivity index (χ2v) is 7.45. The van der Waals surface area contributed by atoms with Crippen LogP contribution in [0.15, 0.2) is 48.9 Å². The lowest BCUT2D eigenvalue weighted by atomic mass is 10.1. The van der Waals surface area contributed by atoms with E-state index in [1.54, 1.807) is 6.20 Å². The molecule has 0 unspecified atom stereocenters. The Morgan fingerprint density at radius 2 is 2.03 bits per heavy atom. The van der Waals surface area contributed by atoms with Crippen molar-refractivity contribution in [1.82, 2.24) is 30.5 Å². The second-order valence-electron chi connectivity index (χ2n) is 7.45. The first-order chi connectivity index (χ1) is 14.8. The van der Waals surface area contributed by atoms with Crippen LogP contribution >= 0.6 is 0 Å². The lowest BCUT2D eigenvalue weighted by Gasteiger charge is -2.30. The van der Waals surface area contributed by atoms with Crippen LogP contribution in [-0.4, -0.2) is 51.3 Å². The summed E-state index contributed by atoms with van der Waals surface area (Å²) in [4.78, 5) is 16.3. The van der Waals surface area contributed by atoms with E-state index in [0.717, 1.165) is 71.2 Å². The van der Waals surface area contributed by atoms with E-state index in [2.05, 4.69) is 48.9 Å². The fraction of sp³-hybridized carbons (Fsp3) is 0.273. The molecule has 0 spiro atoms. The number of anilines is 2. The molecule has 1 fully saturated rings. The van der Waals surface area contributed by atoms with Crippen LogP contribution in [0.3, 0.4) is 0 Å². The summed E-state index contributed by atoms with van der Waals surface area (Å²) < 4.78 is 0. The number of nitrogens with zero attached hydrogens (tertiary/aromatic N) is 5. The molecular formula is C22H24N8. The molecule has 152 valence electrons. The van der Waals surface area contributed by atoms with E-state index < -0.39 is 0 Å². The summed E-state index contributed by atoms with van der Waals surface area (Å²) >= 11 is 0. The number of hydrogen-bond acceptors (Lipinski definition) is 7. The van der Waals surface area contributed by atoms with E-state index in [9.17, 15) is 0 Å². The van der Waals surface area contributed by atoms with Crippen molar-refractivity contribution in [3.8, 4) is 11.3 Å². The molecule has 8 nitrogen and oxygen atoms in total. The number of pyridine rings is 1. The molecule has 30 heavy (non-hydrogen) atoms. The average molecular weight is 400 g/mol. The predicted octanol–water partition coefficient (Wildman–Crippen LogP) is 2.75. The van der Waals surface area contributed by atoms with Gasteiger partial charge in [0.25, 0.3) is 0 Å². The molecule has 1 saturated heterocycles. The van der Waals surface area contributed by atoms with Gasteiger partial charge >= 0.3 is 0 Å². The van der Waals surface area contributed by atoms with Crippen molar-refractivity contribution in [2.45, 2.75) is 13.5 Å². The van der Waals surface area contributed by atoms with Crippen molar-refractivity contribution in [2.24, 2.45) is 0 Å². The van der Waals surface area contributed by atoms with E-state index in [4.69, 9.17) is 9.97 Å². The van der Waals surface area contributed by atoms with E-state index in [0.29, 0.717) is 6.54 Å². The number of benzene rings is 1. The summed E-state index contributed by atoms with van der Waals surface area (Å²) in [6.45, 7) is 6.34. The maximum Gasteiger partial charge on any atom is 0.172 e. The van der Waals surface area contributed by atoms with Gasteiger partial charge in [-0.05, 0) is 30.7 Å². The molecular weight excluding hydrogens is 376 g/mol. The Balaban J connectivity index is 1.50. The molecule has 4 heterocycles. The zero-order valence-corrected chi connectivity index (χ0v) is 16.9. The number of aryl methyl sites for hydroxylation is 1. The average Bonchev–Trinajstić information content (AvgIpc) is 3.19. The molecule has 3 N–H and O–H groups in total. The minimum absolute atomic E-state index is 0.654. The molecule has 1 aromatic carbocycles. The fourth-order valence-electron chi connectivity index (χ4n) is 3.73. The van der Waals surface area contributed by atoms with E-state index in [1.807, 2.05) is 31.5 Å². The number of hydrogen-bond donors (Lipinski definition) is 3. The zero-order chi connectivity index (χ0) is 20.3. The maximum absolute atomic E-state index is 5.03. The van der Waals surface area contributed by atoms with Crippen LogP contribution < -0.4 is 15.5 Å². The van der Waals surface area contributed by atoms with Crippen LogP contribution in [-0.2, 0) is 6.54 Å². The molecule has 1 aliphatic rings. The molecule has 0 atom stereocenters. The number of piperazine rings is 1. The van der Waals surface area contributed by atoms with Crippen molar-refractivity contribution < 1.29 is 0 Å². The SMILES string of the molecule is Cc1n[nH]c2ccc(-c3cnc(NCc4cccnc4)c(N4CCNCC4)n3)cc12. The van der Waals surface area contributed by atoms with Crippen molar-refractivity contribution in [3.05, 3.63) is 60.2 Å². The van der Waals surface area contributed by atoms with Crippen LogP contribution in [0.4, 0.5) is 11.6 Å². The van der Waals surface area contributed by atoms with Crippen LogP contribution in [0.2, 0.25) is 0 Å². The number of aromatic nitrogens is 5. The highest BCUT2D eigenvalue weighted by Gasteiger charge is 2.18. The van der Waals surface area contributed by atoms with Gasteiger partial charge in [0.1, 0.15) is 0 Å². The van der Waals surface area contributed by atoms with Gasteiger partial charge in [-0.1, -0.05) is 12.1 Å². The van der Waals surface area contributed by atoms with Crippen molar-refractivity contribution >= 4 is 22.5 Å². The third-order valence-corrected chi connectivity index (χ3v) is 5.40. The van der Waals surface area contributed by atoms with Gasteiger partial charge < -0.3 is 15.5 Å². The van der Waals surface area contributed by atoms with Crippen molar-refractivity contribution in [2.75, 3.05) is 36.4 Å². The van der Waals surface area contributed by atoms with Crippen LogP contribution in [0.1, 0.15) is 11.3 Å². The number of aromatic amines is 1. The Kier molecular flexibility index (Phi) is 4.98. The Morgan fingerprint density at radius 3 is 2.87 bits per heavy atom. The Labute approximate surface area is 174 Å². The van der Waals surface area contributed by atoms with Gasteiger partial charge in [-0.25, -0.2) is 9.97 Å². The first kappa shape index (κ1) is 18.5. The third-order valence-electron chi connectivity index (χ3n) is 5.40. The molecule has 0 radical (unpaired) electrons. The molecule has 0 aliphatic carbocycles. The van der Waals surface area contributed by atoms with E-state index in [1.165, 1.54) is 0 Å². The lowest BCUT2D eigenvalue weighted by molar-refractivity contribution is 0.585. The zero-order valence-electron chi connectivity index (χ0n) is 16.9. The summed E-state index contributed by atoms with van der Waals surface area (Å²) in [6.07, 6.45) is 5.48. The minimum Gasteiger partial charge on any atom is -0.363 e. The molecule has 1 aliphatic heterocycles. The van der Waals surface area contributed by atoms with Gasteiger partial charge in [-0.15, -0.1) is 0 Å². The summed E-state index contributed by atoms with van der Waals surface area (Å²) in [5, 5.41) is 15.3. The number of fused-ring (bicyclic) bond motifs is 1. The van der Waals surface area contributed by atoms with Gasteiger partial charge in [0.05, 0.1) is 23.1 Å². The van der Waals surface area contributed by atoms with Gasteiger partial charge in [0.15, 0.2) is 11.6 Å². The first-order valence-corrected chi connectivity index (χ1v) is 10.2. The highest BCUT2D eigenvalue weighted by molar-refractivity contribution is 5.86. The summed E-state index contributed by atoms with van der Waals surface area (Å²) in [6, 6.07) is 10.2. The standard InChI is InChI=1S/C22H24N8/c1-15-18-11-17(4-5-19(18)29-28-15)20-14-26-21(25-13-16-3-2-6-24-12-16)22(27-20)30-9-7-23-8-10-30/h2-6,11-12,14,23H,7-10,13H2,1H3,(H,25,26)(H,28,29). The smallest absolute Gasteiger partial charge is 0.172 e. The molecule has 0 bridgehead atoms. The second kappa shape index (κ2) is 8.08. The Hall–Kier alpha value is -3.52. The summed E-state index contributed by atoms with van der Waals surface area (Å²) in [5.41, 5.74) is 5.02. The van der Waals surface area contributed by atoms with Gasteiger partial charge in [-0.2, -0.15) is 5.10 Å². The monoisotopic (exact) mass is 400 g/mol. The number of nitrogens with one attached hydrogen (secondary N) is 3. The topological polar surface area (TPSA) is 94.7 Å². The maximum atomic E-state index is 5.03. The quantitative estimate of drug-likeness (QED) is 0.474. The Morgan fingerprint density at radius 1 is 1.13 bits per heavy atom. The van der Waals surface area contributed by atoms with Crippen LogP contribution in [0.25, 0.3) is 22.2 Å². The molecule has 0 saturated carbocycles. The van der Waals surface area contributed by atoms with Gasteiger partial charge in [0.2, 0.25) is 0 Å². The molecule has 5 rings (SSSR count). The van der Waals surface area contributed by atoms with E-state index in [-0.39, 0.29) is 0 Å². The summed E-state index contributed by atoms with van der Waals surface area (Å²) in [5.74, 6) is 1.69. The van der Waals surface area contributed by atoms with Gasteiger partial charge in [-0.3, -0.25) is 10.1 Å². The first-order valence-electron chi connectivity index (χ1n) is 10.2. The molecule has 3 aromatic heterocycles. The molecule has 8 heteroatoms.